The molecule has 0 spiro atoms. The number of benzene rings is 2. The van der Waals surface area contributed by atoms with Gasteiger partial charge < -0.3 is 9.22 Å². The van der Waals surface area contributed by atoms with E-state index in [9.17, 15) is 9.59 Å². The van der Waals surface area contributed by atoms with Crippen molar-refractivity contribution < 1.29 is 18.8 Å². The van der Waals surface area contributed by atoms with E-state index in [0.29, 0.717) is 35.3 Å². The van der Waals surface area contributed by atoms with Crippen LogP contribution in [0.15, 0.2) is 67.3 Å². The van der Waals surface area contributed by atoms with Crippen molar-refractivity contribution in [2.45, 2.75) is 6.54 Å². The van der Waals surface area contributed by atoms with E-state index in [1.165, 1.54) is 0 Å². The molecule has 2 aromatic rings. The minimum absolute atomic E-state index is 0.0225. The molecule has 4 heteroatoms. The van der Waals surface area contributed by atoms with E-state index in [1.807, 2.05) is 68.7 Å². The Kier molecular flexibility index (Phi) is 6.25. The van der Waals surface area contributed by atoms with Gasteiger partial charge in [0.15, 0.2) is 5.78 Å². The highest BCUT2D eigenvalue weighted by Gasteiger charge is 2.21. The lowest BCUT2D eigenvalue weighted by molar-refractivity contribution is -0.903. The van der Waals surface area contributed by atoms with E-state index in [1.54, 1.807) is 0 Å². The second-order valence-corrected chi connectivity index (χ2v) is 6.54. The summed E-state index contributed by atoms with van der Waals surface area (Å²) in [5.41, 5.74) is 2.37. The van der Waals surface area contributed by atoms with Gasteiger partial charge in [0, 0.05) is 22.8 Å². The summed E-state index contributed by atoms with van der Waals surface area (Å²) in [6.07, 6.45) is 1.16. The number of hydrogen-bond donors (Lipinski definition) is 0. The minimum Gasteiger partial charge on any atom is -0.457 e. The van der Waals surface area contributed by atoms with Gasteiger partial charge in [-0.05, 0) is 0 Å². The summed E-state index contributed by atoms with van der Waals surface area (Å²) in [7, 11) is 4.09. The van der Waals surface area contributed by atoms with Crippen molar-refractivity contribution in [3.05, 3.63) is 83.9 Å². The van der Waals surface area contributed by atoms with Gasteiger partial charge in [-0.1, -0.05) is 61.2 Å². The zero-order valence-electron chi connectivity index (χ0n) is 14.8. The van der Waals surface area contributed by atoms with Gasteiger partial charge in [0.25, 0.3) is 0 Å². The number of ketones is 1. The molecule has 0 heterocycles. The average Bonchev–Trinajstić information content (AvgIpc) is 2.61. The van der Waals surface area contributed by atoms with Crippen LogP contribution in [0.4, 0.5) is 0 Å². The Morgan fingerprint density at radius 3 is 2.36 bits per heavy atom. The van der Waals surface area contributed by atoms with Crippen LogP contribution >= 0.6 is 0 Å². The van der Waals surface area contributed by atoms with Gasteiger partial charge in [0.05, 0.1) is 14.1 Å². The average molecular weight is 338 g/mol. The number of carbonyl (C=O) groups excluding carboxylic acids is 2. The number of quaternary nitrogens is 1. The molecule has 0 saturated heterocycles. The van der Waals surface area contributed by atoms with Crippen LogP contribution in [0.1, 0.15) is 21.5 Å². The Bertz CT molecular complexity index is 751. The van der Waals surface area contributed by atoms with Crippen molar-refractivity contribution in [3.63, 3.8) is 0 Å². The number of hydrogen-bond acceptors (Lipinski definition) is 3. The summed E-state index contributed by atoms with van der Waals surface area (Å²) in [6.45, 7) is 5.01. The van der Waals surface area contributed by atoms with Gasteiger partial charge in [0.1, 0.15) is 19.7 Å². The molecular formula is C21H24NO3+. The summed E-state index contributed by atoms with van der Waals surface area (Å²) in [5.74, 6) is -0.394. The third-order valence-electron chi connectivity index (χ3n) is 4.00. The van der Waals surface area contributed by atoms with E-state index < -0.39 is 5.97 Å². The van der Waals surface area contributed by atoms with Crippen LogP contribution in [0.25, 0.3) is 0 Å². The Morgan fingerprint density at radius 1 is 1.04 bits per heavy atom. The minimum atomic E-state index is -0.417. The molecule has 0 fully saturated rings. The molecule has 130 valence electrons. The quantitative estimate of drug-likeness (QED) is 0.321. The SMILES string of the molecule is C=CC(=O)OCC[N+](C)(C)Cc1ccccc1C(=O)c1ccccc1. The Hall–Kier alpha value is -2.72. The molecule has 0 bridgehead atoms. The van der Waals surface area contributed by atoms with E-state index in [0.717, 1.165) is 11.6 Å². The highest BCUT2D eigenvalue weighted by atomic mass is 16.5. The topological polar surface area (TPSA) is 43.4 Å². The molecular weight excluding hydrogens is 314 g/mol. The Balaban J connectivity index is 2.13. The first-order valence-corrected chi connectivity index (χ1v) is 8.22. The maximum atomic E-state index is 12.8. The van der Waals surface area contributed by atoms with Crippen molar-refractivity contribution in [2.75, 3.05) is 27.2 Å². The number of likely N-dealkylation sites (N-methyl/N-ethyl adjacent to an activating group) is 1. The van der Waals surface area contributed by atoms with Gasteiger partial charge >= 0.3 is 5.97 Å². The summed E-state index contributed by atoms with van der Waals surface area (Å²) in [5, 5.41) is 0. The van der Waals surface area contributed by atoms with Crippen LogP contribution in [-0.4, -0.2) is 43.5 Å². The Labute approximate surface area is 148 Å². The molecule has 0 saturated carbocycles. The molecule has 0 unspecified atom stereocenters. The van der Waals surface area contributed by atoms with Crippen molar-refractivity contribution in [3.8, 4) is 0 Å². The molecule has 0 N–H and O–H groups in total. The van der Waals surface area contributed by atoms with Crippen molar-refractivity contribution in [2.24, 2.45) is 0 Å². The lowest BCUT2D eigenvalue weighted by atomic mass is 9.98. The normalized spacial score (nSPS) is 11.0. The largest absolute Gasteiger partial charge is 0.457 e. The first-order valence-electron chi connectivity index (χ1n) is 8.22. The Morgan fingerprint density at radius 2 is 1.68 bits per heavy atom. The second-order valence-electron chi connectivity index (χ2n) is 6.54. The van der Waals surface area contributed by atoms with E-state index >= 15 is 0 Å². The highest BCUT2D eigenvalue weighted by Crippen LogP contribution is 2.18. The molecule has 0 atom stereocenters. The summed E-state index contributed by atoms with van der Waals surface area (Å²) < 4.78 is 5.67. The molecule has 0 aliphatic heterocycles. The maximum absolute atomic E-state index is 12.8. The molecule has 4 nitrogen and oxygen atoms in total. The lowest BCUT2D eigenvalue weighted by Gasteiger charge is -2.30. The number of carbonyl (C=O) groups is 2. The standard InChI is InChI=1S/C21H24NO3/c1-4-20(23)25-15-14-22(2,3)16-18-12-8-9-13-19(18)21(24)17-10-6-5-7-11-17/h4-13H,1,14-16H2,2-3H3/q+1. The summed E-state index contributed by atoms with van der Waals surface area (Å²) in [6, 6.07) is 16.9. The second kappa shape index (κ2) is 8.40. The zero-order valence-corrected chi connectivity index (χ0v) is 14.8. The van der Waals surface area contributed by atoms with Crippen molar-refractivity contribution >= 4 is 11.8 Å². The van der Waals surface area contributed by atoms with Gasteiger partial charge in [-0.25, -0.2) is 4.79 Å². The highest BCUT2D eigenvalue weighted by molar-refractivity contribution is 6.09. The van der Waals surface area contributed by atoms with Crippen molar-refractivity contribution in [1.82, 2.24) is 0 Å². The first-order chi connectivity index (χ1) is 11.9. The van der Waals surface area contributed by atoms with Crippen LogP contribution in [0.3, 0.4) is 0 Å². The third-order valence-corrected chi connectivity index (χ3v) is 4.00. The monoisotopic (exact) mass is 338 g/mol. The fraction of sp³-hybridized carbons (Fsp3) is 0.238. The van der Waals surface area contributed by atoms with Crippen molar-refractivity contribution in [1.29, 1.82) is 0 Å². The molecule has 0 aliphatic carbocycles. The molecule has 25 heavy (non-hydrogen) atoms. The first kappa shape index (κ1) is 18.6. The number of ether oxygens (including phenoxy) is 1. The molecule has 0 radical (unpaired) electrons. The van der Waals surface area contributed by atoms with E-state index in [-0.39, 0.29) is 5.78 Å². The van der Waals surface area contributed by atoms with Crippen LogP contribution < -0.4 is 0 Å². The molecule has 0 amide bonds. The van der Waals surface area contributed by atoms with Gasteiger partial charge in [0.2, 0.25) is 0 Å². The van der Waals surface area contributed by atoms with E-state index in [2.05, 4.69) is 6.58 Å². The fourth-order valence-corrected chi connectivity index (χ4v) is 2.62. The predicted octanol–water partition coefficient (Wildman–Crippen LogP) is 3.22. The van der Waals surface area contributed by atoms with Crippen LogP contribution in [-0.2, 0) is 16.1 Å². The molecule has 0 aromatic heterocycles. The number of esters is 1. The number of nitrogens with zero attached hydrogens (tertiary/aromatic N) is 1. The van der Waals surface area contributed by atoms with Crippen LogP contribution in [0, 0.1) is 0 Å². The fourth-order valence-electron chi connectivity index (χ4n) is 2.62. The third kappa shape index (κ3) is 5.40. The summed E-state index contributed by atoms with van der Waals surface area (Å²) in [4.78, 5) is 24.0. The molecule has 0 aliphatic rings. The van der Waals surface area contributed by atoms with Crippen LogP contribution in [0.2, 0.25) is 0 Å². The number of rotatable bonds is 8. The van der Waals surface area contributed by atoms with Gasteiger partial charge in [-0.2, -0.15) is 0 Å². The smallest absolute Gasteiger partial charge is 0.330 e. The van der Waals surface area contributed by atoms with Gasteiger partial charge in [-0.3, -0.25) is 4.79 Å². The lowest BCUT2D eigenvalue weighted by Crippen LogP contribution is -2.42. The summed E-state index contributed by atoms with van der Waals surface area (Å²) >= 11 is 0. The van der Waals surface area contributed by atoms with Gasteiger partial charge in [-0.15, -0.1) is 0 Å². The zero-order chi connectivity index (χ0) is 18.3. The molecule has 2 aromatic carbocycles. The van der Waals surface area contributed by atoms with Crippen LogP contribution in [0.5, 0.6) is 0 Å². The molecule has 2 rings (SSSR count). The predicted molar refractivity (Wildman–Crippen MR) is 98.2 cm³/mol. The maximum Gasteiger partial charge on any atom is 0.330 e. The van der Waals surface area contributed by atoms with E-state index in [4.69, 9.17) is 4.74 Å².